The number of hydrogen-bond donors (Lipinski definition) is 1. The molecule has 0 bridgehead atoms. The van der Waals surface area contributed by atoms with Crippen molar-refractivity contribution in [2.75, 3.05) is 0 Å². The summed E-state index contributed by atoms with van der Waals surface area (Å²) >= 11 is 0. The van der Waals surface area contributed by atoms with Crippen molar-refractivity contribution < 1.29 is 29.4 Å². The van der Waals surface area contributed by atoms with E-state index in [0.717, 1.165) is 6.42 Å². The molecule has 0 rings (SSSR count). The van der Waals surface area contributed by atoms with Gasteiger partial charge < -0.3 is 5.11 Å². The van der Waals surface area contributed by atoms with Crippen LogP contribution in [0.2, 0.25) is 0 Å². The van der Waals surface area contributed by atoms with E-state index in [-0.39, 0.29) is 37.2 Å². The van der Waals surface area contributed by atoms with Gasteiger partial charge in [0.2, 0.25) is 0 Å². The van der Waals surface area contributed by atoms with E-state index in [1.165, 1.54) is 0 Å². The second-order valence-corrected chi connectivity index (χ2v) is 4.47. The molecular weight excluding hydrogens is 205 g/mol. The molecule has 0 aromatic rings. The zero-order valence-electron chi connectivity index (χ0n) is 8.55. The third kappa shape index (κ3) is 10.1. The van der Waals surface area contributed by atoms with Crippen molar-refractivity contribution in [3.63, 3.8) is 0 Å². The van der Waals surface area contributed by atoms with E-state index in [9.17, 15) is 4.79 Å². The Labute approximate surface area is 87.5 Å². The van der Waals surface area contributed by atoms with Gasteiger partial charge in [-0.2, -0.15) is 0 Å². The third-order valence-corrected chi connectivity index (χ3v) is 1.48. The fourth-order valence-electron chi connectivity index (χ4n) is 1.42. The molecule has 0 aromatic carbocycles. The van der Waals surface area contributed by atoms with Gasteiger partial charge in [0, 0.05) is 25.9 Å². The first-order chi connectivity index (χ1) is 4.81. The number of hydrogen-bond acceptors (Lipinski definition) is 1. The molecule has 2 nitrogen and oxygen atoms in total. The summed E-state index contributed by atoms with van der Waals surface area (Å²) in [4.78, 5) is 10.3. The van der Waals surface area contributed by atoms with Gasteiger partial charge in [0.1, 0.15) is 0 Å². The standard InChI is InChI=1S/C9H18O2.Zn/c1-7(5-8(10)11)6-9(2,3)4;/h7H,5-6H2,1-4H3,(H,10,11);. The molecule has 0 radical (unpaired) electrons. The third-order valence-electron chi connectivity index (χ3n) is 1.48. The summed E-state index contributed by atoms with van der Waals surface area (Å²) in [7, 11) is 0. The van der Waals surface area contributed by atoms with E-state index >= 15 is 0 Å². The van der Waals surface area contributed by atoms with Crippen LogP contribution in [0.1, 0.15) is 40.5 Å². The summed E-state index contributed by atoms with van der Waals surface area (Å²) in [6, 6.07) is 0. The van der Waals surface area contributed by atoms with Gasteiger partial charge in [-0.15, -0.1) is 0 Å². The van der Waals surface area contributed by atoms with Crippen LogP contribution in [0.4, 0.5) is 0 Å². The second-order valence-electron chi connectivity index (χ2n) is 4.47. The number of carbonyl (C=O) groups is 1. The summed E-state index contributed by atoms with van der Waals surface area (Å²) in [6.07, 6.45) is 1.26. The van der Waals surface area contributed by atoms with Crippen molar-refractivity contribution in [2.24, 2.45) is 11.3 Å². The van der Waals surface area contributed by atoms with Crippen LogP contribution in [0.3, 0.4) is 0 Å². The van der Waals surface area contributed by atoms with Crippen molar-refractivity contribution in [3.05, 3.63) is 0 Å². The van der Waals surface area contributed by atoms with Crippen LogP contribution in [-0.4, -0.2) is 11.1 Å². The predicted octanol–water partition coefficient (Wildman–Crippen LogP) is 2.53. The molecule has 0 aromatic heterocycles. The molecule has 12 heavy (non-hydrogen) atoms. The van der Waals surface area contributed by atoms with Crippen LogP contribution in [0.15, 0.2) is 0 Å². The van der Waals surface area contributed by atoms with Crippen molar-refractivity contribution >= 4 is 5.97 Å². The largest absolute Gasteiger partial charge is 0.481 e. The van der Waals surface area contributed by atoms with Gasteiger partial charge in [-0.3, -0.25) is 4.79 Å². The smallest absolute Gasteiger partial charge is 0.303 e. The van der Waals surface area contributed by atoms with Gasteiger partial charge in [0.05, 0.1) is 0 Å². The normalized spacial score (nSPS) is 13.3. The molecule has 1 unspecified atom stereocenters. The fourth-order valence-corrected chi connectivity index (χ4v) is 1.42. The van der Waals surface area contributed by atoms with E-state index < -0.39 is 5.97 Å². The van der Waals surface area contributed by atoms with Crippen LogP contribution >= 0.6 is 0 Å². The Kier molecular flexibility index (Phi) is 6.93. The minimum Gasteiger partial charge on any atom is -0.481 e. The summed E-state index contributed by atoms with van der Waals surface area (Å²) in [5.74, 6) is -0.408. The SMILES string of the molecule is CC(CC(=O)O)CC(C)(C)C.[Zn]. The van der Waals surface area contributed by atoms with E-state index in [2.05, 4.69) is 20.8 Å². The van der Waals surface area contributed by atoms with Gasteiger partial charge in [-0.1, -0.05) is 27.7 Å². The minimum atomic E-state index is -0.693. The maximum absolute atomic E-state index is 10.3. The fraction of sp³-hybridized carbons (Fsp3) is 0.889. The predicted molar refractivity (Wildman–Crippen MR) is 45.5 cm³/mol. The van der Waals surface area contributed by atoms with Gasteiger partial charge in [-0.25, -0.2) is 0 Å². The molecule has 0 aliphatic rings. The Morgan fingerprint density at radius 3 is 2.08 bits per heavy atom. The number of carboxylic acids is 1. The molecule has 0 saturated carbocycles. The number of aliphatic carboxylic acids is 1. The second kappa shape index (κ2) is 5.69. The van der Waals surface area contributed by atoms with Crippen LogP contribution < -0.4 is 0 Å². The number of carboxylic acid groups (broad SMARTS) is 1. The Balaban J connectivity index is 0. The average Bonchev–Trinajstić information content (AvgIpc) is 1.53. The molecule has 68 valence electrons. The topological polar surface area (TPSA) is 37.3 Å². The Hall–Kier alpha value is 0.0934. The monoisotopic (exact) mass is 222 g/mol. The van der Waals surface area contributed by atoms with E-state index in [0.29, 0.717) is 0 Å². The van der Waals surface area contributed by atoms with Crippen LogP contribution in [0.25, 0.3) is 0 Å². The van der Waals surface area contributed by atoms with Gasteiger partial charge in [0.25, 0.3) is 0 Å². The first-order valence-corrected chi connectivity index (χ1v) is 4.03. The average molecular weight is 224 g/mol. The molecule has 0 saturated heterocycles. The Morgan fingerprint density at radius 1 is 1.42 bits per heavy atom. The zero-order chi connectivity index (χ0) is 9.07. The van der Waals surface area contributed by atoms with Crippen LogP contribution in [-0.2, 0) is 24.3 Å². The molecule has 3 heteroatoms. The van der Waals surface area contributed by atoms with E-state index in [4.69, 9.17) is 5.11 Å². The van der Waals surface area contributed by atoms with Crippen LogP contribution in [0, 0.1) is 11.3 Å². The maximum Gasteiger partial charge on any atom is 0.303 e. The minimum absolute atomic E-state index is 0. The van der Waals surface area contributed by atoms with Crippen molar-refractivity contribution in [2.45, 2.75) is 40.5 Å². The molecule has 0 fully saturated rings. The summed E-state index contributed by atoms with van der Waals surface area (Å²) in [6.45, 7) is 8.38. The molecule has 0 aliphatic carbocycles. The summed E-state index contributed by atoms with van der Waals surface area (Å²) in [5.41, 5.74) is 0.245. The molecule has 0 amide bonds. The van der Waals surface area contributed by atoms with Crippen molar-refractivity contribution in [3.8, 4) is 0 Å². The molecule has 1 N–H and O–H groups in total. The van der Waals surface area contributed by atoms with Gasteiger partial charge >= 0.3 is 5.97 Å². The molecule has 0 spiro atoms. The van der Waals surface area contributed by atoms with Crippen molar-refractivity contribution in [1.29, 1.82) is 0 Å². The molecule has 0 heterocycles. The van der Waals surface area contributed by atoms with E-state index in [1.54, 1.807) is 0 Å². The molecular formula is C9H18O2Zn. The Morgan fingerprint density at radius 2 is 1.83 bits per heavy atom. The zero-order valence-corrected chi connectivity index (χ0v) is 11.5. The maximum atomic E-state index is 10.3. The van der Waals surface area contributed by atoms with Crippen LogP contribution in [0.5, 0.6) is 0 Å². The summed E-state index contributed by atoms with van der Waals surface area (Å²) < 4.78 is 0. The molecule has 0 aliphatic heterocycles. The van der Waals surface area contributed by atoms with Gasteiger partial charge in [0.15, 0.2) is 0 Å². The number of rotatable bonds is 3. The molecule has 1 atom stereocenters. The first kappa shape index (κ1) is 14.6. The Bertz CT molecular complexity index is 138. The van der Waals surface area contributed by atoms with Gasteiger partial charge in [-0.05, 0) is 17.8 Å². The first-order valence-electron chi connectivity index (χ1n) is 4.03. The van der Waals surface area contributed by atoms with Crippen molar-refractivity contribution in [1.82, 2.24) is 0 Å². The quantitative estimate of drug-likeness (QED) is 0.747. The van der Waals surface area contributed by atoms with E-state index in [1.807, 2.05) is 6.92 Å². The summed E-state index contributed by atoms with van der Waals surface area (Å²) in [5, 5.41) is 8.48.